The zero-order chi connectivity index (χ0) is 9.97. The van der Waals surface area contributed by atoms with Crippen LogP contribution in [0.1, 0.15) is 11.3 Å². The fraction of sp³-hybridized carbons (Fsp3) is 0.0909. The molecule has 0 radical (unpaired) electrons. The summed E-state index contributed by atoms with van der Waals surface area (Å²) in [6, 6.07) is 8.05. The highest BCUT2D eigenvalue weighted by molar-refractivity contribution is 5.63. The van der Waals surface area contributed by atoms with Crippen molar-refractivity contribution in [3.63, 3.8) is 0 Å². The number of nitrogens with zero attached hydrogens (tertiary/aromatic N) is 2. The van der Waals surface area contributed by atoms with E-state index in [1.165, 1.54) is 0 Å². The monoisotopic (exact) mass is 185 g/mol. The minimum Gasteiger partial charge on any atom is -0.197 e. The van der Waals surface area contributed by atoms with E-state index in [0.717, 1.165) is 22.5 Å². The van der Waals surface area contributed by atoms with Gasteiger partial charge in [-0.3, -0.25) is 0 Å². The maximum absolute atomic E-state index is 4.08. The van der Waals surface area contributed by atoms with Gasteiger partial charge in [-0.25, -0.2) is 0 Å². The van der Waals surface area contributed by atoms with E-state index in [2.05, 4.69) is 22.0 Å². The Hall–Kier alpha value is -1.90. The van der Waals surface area contributed by atoms with Gasteiger partial charge in [0.15, 0.2) is 0 Å². The van der Waals surface area contributed by atoms with Gasteiger partial charge in [0.25, 0.3) is 0 Å². The lowest BCUT2D eigenvalue weighted by Crippen LogP contribution is -1.81. The number of rotatable bonds is 2. The molecule has 0 aliphatic rings. The molecule has 1 N–H and O–H groups in total. The third kappa shape index (κ3) is 1.44. The van der Waals surface area contributed by atoms with E-state index >= 15 is 0 Å². The van der Waals surface area contributed by atoms with Gasteiger partial charge in [0.05, 0.1) is 5.69 Å². The van der Waals surface area contributed by atoms with E-state index in [4.69, 9.17) is 0 Å². The molecule has 0 aliphatic heterocycles. The third-order valence-electron chi connectivity index (χ3n) is 2.14. The third-order valence-corrected chi connectivity index (χ3v) is 2.14. The second kappa shape index (κ2) is 3.46. The average Bonchev–Trinajstić information content (AvgIpc) is 2.65. The molecule has 1 aromatic carbocycles. The highest BCUT2D eigenvalue weighted by atomic mass is 15.3. The van der Waals surface area contributed by atoms with Crippen LogP contribution < -0.4 is 0 Å². The van der Waals surface area contributed by atoms with E-state index in [1.54, 1.807) is 0 Å². The van der Waals surface area contributed by atoms with E-state index in [0.29, 0.717) is 0 Å². The number of aromatic nitrogens is 3. The lowest BCUT2D eigenvalue weighted by molar-refractivity contribution is 0.929. The van der Waals surface area contributed by atoms with Gasteiger partial charge in [-0.2, -0.15) is 15.4 Å². The molecule has 0 saturated carbocycles. The standard InChI is InChI=1S/C11H11N3/c1-3-9-4-6-10(7-5-9)11-8(2)12-14-13-11/h3-7H,1H2,2H3,(H,12,13,14). The number of hydrogen-bond donors (Lipinski definition) is 1. The van der Waals surface area contributed by atoms with Crippen LogP contribution in [0.25, 0.3) is 17.3 Å². The van der Waals surface area contributed by atoms with Gasteiger partial charge in [-0.05, 0) is 12.5 Å². The van der Waals surface area contributed by atoms with Gasteiger partial charge in [-0.1, -0.05) is 36.9 Å². The first-order valence-corrected chi connectivity index (χ1v) is 4.41. The van der Waals surface area contributed by atoms with Gasteiger partial charge in [0.1, 0.15) is 5.69 Å². The Balaban J connectivity index is 2.43. The summed E-state index contributed by atoms with van der Waals surface area (Å²) in [6.07, 6.45) is 1.82. The van der Waals surface area contributed by atoms with Gasteiger partial charge >= 0.3 is 0 Å². The summed E-state index contributed by atoms with van der Waals surface area (Å²) in [5, 5.41) is 10.7. The highest BCUT2D eigenvalue weighted by Gasteiger charge is 2.04. The van der Waals surface area contributed by atoms with Gasteiger partial charge in [-0.15, -0.1) is 0 Å². The Morgan fingerprint density at radius 1 is 1.21 bits per heavy atom. The van der Waals surface area contributed by atoms with E-state index in [9.17, 15) is 0 Å². The van der Waals surface area contributed by atoms with E-state index in [-0.39, 0.29) is 0 Å². The summed E-state index contributed by atoms with van der Waals surface area (Å²) in [6.45, 7) is 5.64. The molecule has 2 rings (SSSR count). The van der Waals surface area contributed by atoms with E-state index in [1.807, 2.05) is 37.3 Å². The predicted octanol–water partition coefficient (Wildman–Crippen LogP) is 2.42. The van der Waals surface area contributed by atoms with Crippen LogP contribution in [0.3, 0.4) is 0 Å². The van der Waals surface area contributed by atoms with E-state index < -0.39 is 0 Å². The van der Waals surface area contributed by atoms with Crippen molar-refractivity contribution >= 4 is 6.08 Å². The normalized spacial score (nSPS) is 10.1. The summed E-state index contributed by atoms with van der Waals surface area (Å²) >= 11 is 0. The van der Waals surface area contributed by atoms with Crippen molar-refractivity contribution in [1.29, 1.82) is 0 Å². The highest BCUT2D eigenvalue weighted by Crippen LogP contribution is 2.19. The number of aryl methyl sites for hydroxylation is 1. The summed E-state index contributed by atoms with van der Waals surface area (Å²) < 4.78 is 0. The lowest BCUT2D eigenvalue weighted by Gasteiger charge is -1.97. The van der Waals surface area contributed by atoms with Crippen LogP contribution in [0, 0.1) is 6.92 Å². The molecule has 0 spiro atoms. The molecule has 0 amide bonds. The molecule has 0 bridgehead atoms. The first-order chi connectivity index (χ1) is 6.81. The minimum absolute atomic E-state index is 0.903. The Bertz CT molecular complexity index is 440. The molecular weight excluding hydrogens is 174 g/mol. The molecule has 14 heavy (non-hydrogen) atoms. The van der Waals surface area contributed by atoms with Crippen LogP contribution in [-0.4, -0.2) is 15.4 Å². The molecule has 2 aromatic rings. The maximum Gasteiger partial charge on any atom is 0.115 e. The molecule has 3 heteroatoms. The molecule has 0 atom stereocenters. The van der Waals surface area contributed by atoms with Crippen molar-refractivity contribution in [2.75, 3.05) is 0 Å². The fourth-order valence-corrected chi connectivity index (χ4v) is 1.33. The van der Waals surface area contributed by atoms with Gasteiger partial charge in [0.2, 0.25) is 0 Å². The molecule has 1 heterocycles. The zero-order valence-electron chi connectivity index (χ0n) is 7.99. The second-order valence-electron chi connectivity index (χ2n) is 3.08. The molecule has 0 fully saturated rings. The SMILES string of the molecule is C=Cc1ccc(-c2n[nH]nc2C)cc1. The van der Waals surface area contributed by atoms with Crippen molar-refractivity contribution in [3.8, 4) is 11.3 Å². The molecule has 0 saturated heterocycles. The second-order valence-corrected chi connectivity index (χ2v) is 3.08. The number of nitrogens with one attached hydrogen (secondary N) is 1. The maximum atomic E-state index is 4.08. The summed E-state index contributed by atoms with van der Waals surface area (Å²) in [5.41, 5.74) is 3.99. The van der Waals surface area contributed by atoms with Crippen LogP contribution in [0.2, 0.25) is 0 Å². The number of hydrogen-bond acceptors (Lipinski definition) is 2. The van der Waals surface area contributed by atoms with Crippen molar-refractivity contribution in [1.82, 2.24) is 15.4 Å². The lowest BCUT2D eigenvalue weighted by atomic mass is 10.1. The van der Waals surface area contributed by atoms with Crippen molar-refractivity contribution in [2.45, 2.75) is 6.92 Å². The minimum atomic E-state index is 0.903. The zero-order valence-corrected chi connectivity index (χ0v) is 7.99. The smallest absolute Gasteiger partial charge is 0.115 e. The number of aromatic amines is 1. The van der Waals surface area contributed by atoms with Crippen LogP contribution >= 0.6 is 0 Å². The number of benzene rings is 1. The summed E-state index contributed by atoms with van der Waals surface area (Å²) in [4.78, 5) is 0. The largest absolute Gasteiger partial charge is 0.197 e. The first-order valence-electron chi connectivity index (χ1n) is 4.41. The molecule has 1 aromatic heterocycles. The Morgan fingerprint density at radius 2 is 1.93 bits per heavy atom. The fourth-order valence-electron chi connectivity index (χ4n) is 1.33. The molecule has 3 nitrogen and oxygen atoms in total. The molecular formula is C11H11N3. The van der Waals surface area contributed by atoms with Crippen LogP contribution in [0.4, 0.5) is 0 Å². The van der Waals surface area contributed by atoms with Crippen LogP contribution in [0.5, 0.6) is 0 Å². The van der Waals surface area contributed by atoms with Crippen molar-refractivity contribution < 1.29 is 0 Å². The quantitative estimate of drug-likeness (QED) is 0.780. The molecule has 0 unspecified atom stereocenters. The molecule has 70 valence electrons. The topological polar surface area (TPSA) is 41.6 Å². The average molecular weight is 185 g/mol. The summed E-state index contributed by atoms with van der Waals surface area (Å²) in [5.74, 6) is 0. The van der Waals surface area contributed by atoms with Crippen molar-refractivity contribution in [3.05, 3.63) is 42.1 Å². The first kappa shape index (κ1) is 8.69. The van der Waals surface area contributed by atoms with Gasteiger partial charge < -0.3 is 0 Å². The Morgan fingerprint density at radius 3 is 2.43 bits per heavy atom. The number of H-pyrrole nitrogens is 1. The summed E-state index contributed by atoms with van der Waals surface area (Å²) in [7, 11) is 0. The predicted molar refractivity (Wildman–Crippen MR) is 56.6 cm³/mol. The van der Waals surface area contributed by atoms with Crippen LogP contribution in [0.15, 0.2) is 30.8 Å². The van der Waals surface area contributed by atoms with Crippen LogP contribution in [-0.2, 0) is 0 Å². The molecule has 0 aliphatic carbocycles. The Kier molecular flexibility index (Phi) is 2.14. The van der Waals surface area contributed by atoms with Gasteiger partial charge in [0, 0.05) is 5.56 Å². The van der Waals surface area contributed by atoms with Crippen molar-refractivity contribution in [2.24, 2.45) is 0 Å². The Labute approximate surface area is 82.5 Å².